The van der Waals surface area contributed by atoms with E-state index in [0.717, 1.165) is 17.7 Å². The van der Waals surface area contributed by atoms with E-state index in [2.05, 4.69) is 15.7 Å². The molecule has 2 heterocycles. The highest BCUT2D eigenvalue weighted by atomic mass is 19.4. The summed E-state index contributed by atoms with van der Waals surface area (Å²) in [6.45, 7) is 1.11. The third kappa shape index (κ3) is 3.43. The number of carbonyl (C=O) groups excluding carboxylic acids is 1. The fourth-order valence-corrected chi connectivity index (χ4v) is 2.94. The third-order valence-corrected chi connectivity index (χ3v) is 4.16. The number of hydrogen-bond acceptors (Lipinski definition) is 3. The van der Waals surface area contributed by atoms with Crippen LogP contribution in [0.2, 0.25) is 0 Å². The molecule has 1 amide bonds. The second kappa shape index (κ2) is 6.27. The molecule has 2 atom stereocenters. The van der Waals surface area contributed by atoms with Crippen LogP contribution in [0.5, 0.6) is 0 Å². The molecule has 24 heavy (non-hydrogen) atoms. The minimum absolute atomic E-state index is 0.0514. The van der Waals surface area contributed by atoms with E-state index in [0.29, 0.717) is 13.1 Å². The van der Waals surface area contributed by atoms with Gasteiger partial charge in [-0.15, -0.1) is 0 Å². The molecule has 0 bridgehead atoms. The summed E-state index contributed by atoms with van der Waals surface area (Å²) in [5.74, 6) is -0.707. The zero-order valence-electron chi connectivity index (χ0n) is 13.0. The quantitative estimate of drug-likeness (QED) is 0.903. The van der Waals surface area contributed by atoms with Crippen LogP contribution in [0, 0.1) is 5.92 Å². The Morgan fingerprint density at radius 2 is 2.17 bits per heavy atom. The van der Waals surface area contributed by atoms with Crippen molar-refractivity contribution in [3.63, 3.8) is 0 Å². The summed E-state index contributed by atoms with van der Waals surface area (Å²) in [4.78, 5) is 12.5. The number of nitrogens with one attached hydrogen (secondary N) is 2. The van der Waals surface area contributed by atoms with E-state index in [1.165, 1.54) is 12.1 Å². The number of nitrogens with zero attached hydrogens (tertiary/aromatic N) is 2. The first-order valence-corrected chi connectivity index (χ1v) is 7.52. The van der Waals surface area contributed by atoms with Crippen molar-refractivity contribution in [3.05, 3.63) is 47.8 Å². The largest absolute Gasteiger partial charge is 0.416 e. The van der Waals surface area contributed by atoms with Crippen LogP contribution in [0.25, 0.3) is 0 Å². The first kappa shape index (κ1) is 16.5. The fraction of sp³-hybridized carbons (Fsp3) is 0.375. The number of benzene rings is 1. The van der Waals surface area contributed by atoms with Crippen LogP contribution < -0.4 is 10.6 Å². The van der Waals surface area contributed by atoms with E-state index in [1.807, 2.05) is 6.20 Å². The van der Waals surface area contributed by atoms with E-state index in [-0.39, 0.29) is 23.4 Å². The highest BCUT2D eigenvalue weighted by Crippen LogP contribution is 2.32. The molecule has 0 unspecified atom stereocenters. The molecule has 5 nitrogen and oxygen atoms in total. The summed E-state index contributed by atoms with van der Waals surface area (Å²) >= 11 is 0. The van der Waals surface area contributed by atoms with Crippen molar-refractivity contribution in [2.24, 2.45) is 13.0 Å². The van der Waals surface area contributed by atoms with Gasteiger partial charge in [-0.05, 0) is 23.8 Å². The Morgan fingerprint density at radius 1 is 1.38 bits per heavy atom. The minimum Gasteiger partial charge on any atom is -0.326 e. The van der Waals surface area contributed by atoms with Gasteiger partial charge in [-0.3, -0.25) is 9.48 Å². The van der Waals surface area contributed by atoms with Crippen LogP contribution in [0.1, 0.15) is 17.0 Å². The molecule has 1 saturated heterocycles. The Bertz CT molecular complexity index is 741. The van der Waals surface area contributed by atoms with Crippen molar-refractivity contribution in [3.8, 4) is 0 Å². The number of anilines is 1. The minimum atomic E-state index is -4.44. The van der Waals surface area contributed by atoms with Crippen molar-refractivity contribution in [2.75, 3.05) is 18.4 Å². The van der Waals surface area contributed by atoms with Crippen molar-refractivity contribution >= 4 is 11.6 Å². The van der Waals surface area contributed by atoms with E-state index in [9.17, 15) is 18.0 Å². The molecule has 8 heteroatoms. The van der Waals surface area contributed by atoms with E-state index >= 15 is 0 Å². The van der Waals surface area contributed by atoms with E-state index < -0.39 is 11.7 Å². The molecule has 1 aromatic carbocycles. The lowest BCUT2D eigenvalue weighted by Gasteiger charge is -2.17. The Morgan fingerprint density at radius 3 is 2.83 bits per heavy atom. The topological polar surface area (TPSA) is 59.0 Å². The molecule has 0 radical (unpaired) electrons. The Hall–Kier alpha value is -2.35. The number of alkyl halides is 3. The van der Waals surface area contributed by atoms with Crippen molar-refractivity contribution < 1.29 is 18.0 Å². The van der Waals surface area contributed by atoms with E-state index in [4.69, 9.17) is 0 Å². The Kier molecular flexibility index (Phi) is 4.31. The molecule has 1 aliphatic rings. The molecule has 0 aliphatic carbocycles. The fourth-order valence-electron chi connectivity index (χ4n) is 2.94. The molecule has 0 spiro atoms. The first-order valence-electron chi connectivity index (χ1n) is 7.52. The molecule has 1 aliphatic heterocycles. The SMILES string of the molecule is Cn1cc([C@H]2CNC[C@@H]2C(=O)Nc2cccc(C(F)(F)F)c2)cn1. The smallest absolute Gasteiger partial charge is 0.326 e. The van der Waals surface area contributed by atoms with Crippen LogP contribution in [0.15, 0.2) is 36.7 Å². The van der Waals surface area contributed by atoms with Crippen LogP contribution in [0.3, 0.4) is 0 Å². The van der Waals surface area contributed by atoms with Crippen molar-refractivity contribution in [1.29, 1.82) is 0 Å². The molecular formula is C16H17F3N4O. The number of rotatable bonds is 3. The molecule has 3 rings (SSSR count). The summed E-state index contributed by atoms with van der Waals surface area (Å²) in [5.41, 5.74) is 0.298. The third-order valence-electron chi connectivity index (χ3n) is 4.16. The Balaban J connectivity index is 1.75. The van der Waals surface area contributed by atoms with Gasteiger partial charge in [0.05, 0.1) is 17.7 Å². The number of amides is 1. The predicted octanol–water partition coefficient (Wildman–Crippen LogP) is 2.38. The van der Waals surface area contributed by atoms with Gasteiger partial charge in [0.2, 0.25) is 5.91 Å². The maximum atomic E-state index is 12.8. The van der Waals surface area contributed by atoms with Gasteiger partial charge < -0.3 is 10.6 Å². The van der Waals surface area contributed by atoms with Crippen molar-refractivity contribution in [2.45, 2.75) is 12.1 Å². The molecule has 1 aromatic heterocycles. The number of carbonyl (C=O) groups is 1. The number of halogens is 3. The maximum Gasteiger partial charge on any atom is 0.416 e. The average Bonchev–Trinajstić information content (AvgIpc) is 3.15. The lowest BCUT2D eigenvalue weighted by atomic mass is 9.90. The van der Waals surface area contributed by atoms with Crippen LogP contribution in [-0.2, 0) is 18.0 Å². The lowest BCUT2D eigenvalue weighted by molar-refractivity contribution is -0.137. The highest BCUT2D eigenvalue weighted by Gasteiger charge is 2.35. The second-order valence-electron chi connectivity index (χ2n) is 5.89. The van der Waals surface area contributed by atoms with Gasteiger partial charge in [0, 0.05) is 37.9 Å². The maximum absolute atomic E-state index is 12.8. The van der Waals surface area contributed by atoms with E-state index in [1.54, 1.807) is 17.9 Å². The van der Waals surface area contributed by atoms with Crippen LogP contribution >= 0.6 is 0 Å². The number of aryl methyl sites for hydroxylation is 1. The molecular weight excluding hydrogens is 321 g/mol. The molecule has 128 valence electrons. The number of aromatic nitrogens is 2. The van der Waals surface area contributed by atoms with Gasteiger partial charge in [0.25, 0.3) is 0 Å². The second-order valence-corrected chi connectivity index (χ2v) is 5.89. The van der Waals surface area contributed by atoms with Gasteiger partial charge in [0.15, 0.2) is 0 Å². The van der Waals surface area contributed by atoms with Crippen LogP contribution in [0.4, 0.5) is 18.9 Å². The van der Waals surface area contributed by atoms with Crippen molar-refractivity contribution in [1.82, 2.24) is 15.1 Å². The lowest BCUT2D eigenvalue weighted by Crippen LogP contribution is -2.28. The monoisotopic (exact) mass is 338 g/mol. The van der Waals surface area contributed by atoms with Gasteiger partial charge in [0.1, 0.15) is 0 Å². The summed E-state index contributed by atoms with van der Waals surface area (Å²) in [6, 6.07) is 4.66. The summed E-state index contributed by atoms with van der Waals surface area (Å²) in [5, 5.41) is 9.86. The first-order chi connectivity index (χ1) is 11.3. The summed E-state index contributed by atoms with van der Waals surface area (Å²) in [6.07, 6.45) is -0.877. The zero-order valence-corrected chi connectivity index (χ0v) is 13.0. The van der Waals surface area contributed by atoms with Gasteiger partial charge in [-0.2, -0.15) is 18.3 Å². The normalized spacial score (nSPS) is 21.0. The average molecular weight is 338 g/mol. The predicted molar refractivity (Wildman–Crippen MR) is 82.4 cm³/mol. The molecule has 2 N–H and O–H groups in total. The summed E-state index contributed by atoms with van der Waals surface area (Å²) in [7, 11) is 1.80. The van der Waals surface area contributed by atoms with Gasteiger partial charge >= 0.3 is 6.18 Å². The van der Waals surface area contributed by atoms with Gasteiger partial charge in [-0.25, -0.2) is 0 Å². The molecule has 1 fully saturated rings. The Labute approximate surface area is 136 Å². The molecule has 0 saturated carbocycles. The number of hydrogen-bond donors (Lipinski definition) is 2. The highest BCUT2D eigenvalue weighted by molar-refractivity contribution is 5.93. The van der Waals surface area contributed by atoms with Gasteiger partial charge in [-0.1, -0.05) is 6.07 Å². The molecule has 2 aromatic rings. The van der Waals surface area contributed by atoms with Crippen LogP contribution in [-0.4, -0.2) is 28.8 Å². The summed E-state index contributed by atoms with van der Waals surface area (Å²) < 4.78 is 39.9. The zero-order chi connectivity index (χ0) is 17.3. The standard InChI is InChI=1S/C16H17F3N4O/c1-23-9-10(6-21-23)13-7-20-8-14(13)15(24)22-12-4-2-3-11(5-12)16(17,18)19/h2-6,9,13-14,20H,7-8H2,1H3,(H,22,24)/t13-,14+/m1/s1.